The van der Waals surface area contributed by atoms with Crippen molar-refractivity contribution in [3.63, 3.8) is 0 Å². The molecule has 0 spiro atoms. The van der Waals surface area contributed by atoms with E-state index in [9.17, 15) is 4.79 Å². The summed E-state index contributed by atoms with van der Waals surface area (Å²) in [5.74, 6) is 0.0661. The molecule has 20 heavy (non-hydrogen) atoms. The Labute approximate surface area is 126 Å². The molecule has 3 nitrogen and oxygen atoms in total. The lowest BCUT2D eigenvalue weighted by Gasteiger charge is -2.25. The topological polar surface area (TPSA) is 33.2 Å². The van der Waals surface area contributed by atoms with Crippen molar-refractivity contribution in [1.29, 1.82) is 0 Å². The highest BCUT2D eigenvalue weighted by Gasteiger charge is 2.30. The molecule has 3 rings (SSSR count). The van der Waals surface area contributed by atoms with Crippen LogP contribution in [-0.2, 0) is 0 Å². The Kier molecular flexibility index (Phi) is 3.83. The van der Waals surface area contributed by atoms with Crippen LogP contribution < -0.4 is 0 Å². The zero-order valence-corrected chi connectivity index (χ0v) is 12.6. The maximum Gasteiger partial charge on any atom is 0.255 e. The van der Waals surface area contributed by atoms with E-state index >= 15 is 0 Å². The predicted molar refractivity (Wildman–Crippen MR) is 81.4 cm³/mol. The van der Waals surface area contributed by atoms with E-state index in [4.69, 9.17) is 0 Å². The molecule has 1 saturated heterocycles. The van der Waals surface area contributed by atoms with E-state index in [1.807, 2.05) is 29.2 Å². The Balaban J connectivity index is 1.85. The van der Waals surface area contributed by atoms with Gasteiger partial charge in [-0.2, -0.15) is 0 Å². The molecule has 0 bridgehead atoms. The number of amides is 1. The Morgan fingerprint density at radius 2 is 2.00 bits per heavy atom. The van der Waals surface area contributed by atoms with Crippen molar-refractivity contribution in [3.8, 4) is 0 Å². The van der Waals surface area contributed by atoms with E-state index in [0.717, 1.165) is 24.0 Å². The molecule has 1 unspecified atom stereocenters. The lowest BCUT2D eigenvalue weighted by Crippen LogP contribution is -2.30. The van der Waals surface area contributed by atoms with Crippen LogP contribution in [0.2, 0.25) is 0 Å². The van der Waals surface area contributed by atoms with Gasteiger partial charge in [0.05, 0.1) is 11.6 Å². The van der Waals surface area contributed by atoms with Crippen LogP contribution in [0.3, 0.4) is 0 Å². The number of nitrogens with zero attached hydrogens (tertiary/aromatic N) is 2. The quantitative estimate of drug-likeness (QED) is 0.784. The molecule has 1 atom stereocenters. The molecular weight excluding hydrogens is 316 g/mol. The molecule has 0 saturated carbocycles. The summed E-state index contributed by atoms with van der Waals surface area (Å²) >= 11 is 3.29. The first-order valence-electron chi connectivity index (χ1n) is 6.73. The van der Waals surface area contributed by atoms with Gasteiger partial charge in [-0.15, -0.1) is 0 Å². The minimum absolute atomic E-state index is 0.0661. The minimum Gasteiger partial charge on any atom is -0.332 e. The third-order valence-electron chi connectivity index (χ3n) is 3.67. The number of carbonyl (C=O) groups excluding carboxylic acids is 1. The molecule has 1 aliphatic heterocycles. The number of hydrogen-bond donors (Lipinski definition) is 0. The molecule has 102 valence electrons. The van der Waals surface area contributed by atoms with Crippen LogP contribution in [0.25, 0.3) is 0 Å². The summed E-state index contributed by atoms with van der Waals surface area (Å²) in [5.41, 5.74) is 1.86. The molecule has 4 heteroatoms. The standard InChI is InChI=1S/C16H15BrN2O/c17-15-9-8-13(11-18-15)16(20)19-10-4-7-14(19)12-5-2-1-3-6-12/h1-3,5-6,8-9,11,14H,4,7,10H2. The monoisotopic (exact) mass is 330 g/mol. The molecule has 0 radical (unpaired) electrons. The summed E-state index contributed by atoms with van der Waals surface area (Å²) < 4.78 is 0.745. The summed E-state index contributed by atoms with van der Waals surface area (Å²) in [7, 11) is 0. The fourth-order valence-electron chi connectivity index (χ4n) is 2.70. The number of rotatable bonds is 2. The fourth-order valence-corrected chi connectivity index (χ4v) is 2.93. The van der Waals surface area contributed by atoms with E-state index < -0.39 is 0 Å². The van der Waals surface area contributed by atoms with Gasteiger partial charge >= 0.3 is 0 Å². The maximum absolute atomic E-state index is 12.6. The fraction of sp³-hybridized carbons (Fsp3) is 0.250. The third-order valence-corrected chi connectivity index (χ3v) is 4.14. The normalized spacial score (nSPS) is 18.2. The first-order chi connectivity index (χ1) is 9.75. The van der Waals surface area contributed by atoms with Crippen LogP contribution in [-0.4, -0.2) is 22.3 Å². The lowest BCUT2D eigenvalue weighted by molar-refractivity contribution is 0.0735. The van der Waals surface area contributed by atoms with Crippen molar-refractivity contribution in [1.82, 2.24) is 9.88 Å². The van der Waals surface area contributed by atoms with Gasteiger partial charge in [-0.1, -0.05) is 30.3 Å². The van der Waals surface area contributed by atoms with Gasteiger partial charge in [0.2, 0.25) is 0 Å². The molecule has 1 aromatic heterocycles. The number of benzene rings is 1. The van der Waals surface area contributed by atoms with Gasteiger partial charge in [-0.25, -0.2) is 4.98 Å². The summed E-state index contributed by atoms with van der Waals surface area (Å²) in [6.45, 7) is 0.814. The summed E-state index contributed by atoms with van der Waals surface area (Å²) in [4.78, 5) is 18.7. The highest BCUT2D eigenvalue weighted by atomic mass is 79.9. The first kappa shape index (κ1) is 13.3. The molecule has 2 heterocycles. The van der Waals surface area contributed by atoms with Gasteiger partial charge in [0, 0.05) is 12.7 Å². The second kappa shape index (κ2) is 5.75. The maximum atomic E-state index is 12.6. The first-order valence-corrected chi connectivity index (χ1v) is 7.52. The highest BCUT2D eigenvalue weighted by Crippen LogP contribution is 2.32. The van der Waals surface area contributed by atoms with Crippen LogP contribution in [0.1, 0.15) is 34.8 Å². The van der Waals surface area contributed by atoms with E-state index in [2.05, 4.69) is 33.0 Å². The number of halogens is 1. The Morgan fingerprint density at radius 1 is 1.20 bits per heavy atom. The molecule has 0 N–H and O–H groups in total. The highest BCUT2D eigenvalue weighted by molar-refractivity contribution is 9.10. The van der Waals surface area contributed by atoms with E-state index in [-0.39, 0.29) is 11.9 Å². The summed E-state index contributed by atoms with van der Waals surface area (Å²) in [6, 6.07) is 14.1. The van der Waals surface area contributed by atoms with Crippen molar-refractivity contribution >= 4 is 21.8 Å². The zero-order chi connectivity index (χ0) is 13.9. The van der Waals surface area contributed by atoms with Crippen molar-refractivity contribution < 1.29 is 4.79 Å². The van der Waals surface area contributed by atoms with Crippen LogP contribution in [0, 0.1) is 0 Å². The molecule has 1 fully saturated rings. The number of pyridine rings is 1. The van der Waals surface area contributed by atoms with Crippen LogP contribution >= 0.6 is 15.9 Å². The number of hydrogen-bond acceptors (Lipinski definition) is 2. The number of likely N-dealkylation sites (tertiary alicyclic amines) is 1. The van der Waals surface area contributed by atoms with Crippen molar-refractivity contribution in [2.75, 3.05) is 6.54 Å². The van der Waals surface area contributed by atoms with Gasteiger partial charge in [0.25, 0.3) is 5.91 Å². The SMILES string of the molecule is O=C(c1ccc(Br)nc1)N1CCCC1c1ccccc1. The van der Waals surface area contributed by atoms with Crippen molar-refractivity contribution in [3.05, 3.63) is 64.4 Å². The predicted octanol–water partition coefficient (Wildman–Crippen LogP) is 3.82. The van der Waals surface area contributed by atoms with Gasteiger partial charge in [-0.3, -0.25) is 4.79 Å². The molecule has 1 amide bonds. The van der Waals surface area contributed by atoms with Gasteiger partial charge in [-0.05, 0) is 46.5 Å². The van der Waals surface area contributed by atoms with E-state index in [1.54, 1.807) is 12.3 Å². The molecule has 2 aromatic rings. The summed E-state index contributed by atoms with van der Waals surface area (Å²) in [6.07, 6.45) is 3.71. The van der Waals surface area contributed by atoms with Crippen molar-refractivity contribution in [2.45, 2.75) is 18.9 Å². The largest absolute Gasteiger partial charge is 0.332 e. The average Bonchev–Trinajstić information content (AvgIpc) is 2.97. The van der Waals surface area contributed by atoms with Crippen LogP contribution in [0.5, 0.6) is 0 Å². The molecule has 1 aromatic carbocycles. The Morgan fingerprint density at radius 3 is 2.70 bits per heavy atom. The number of aromatic nitrogens is 1. The van der Waals surface area contributed by atoms with Crippen LogP contribution in [0.4, 0.5) is 0 Å². The Bertz CT molecular complexity index is 598. The average molecular weight is 331 g/mol. The summed E-state index contributed by atoms with van der Waals surface area (Å²) in [5, 5.41) is 0. The van der Waals surface area contributed by atoms with Crippen molar-refractivity contribution in [2.24, 2.45) is 0 Å². The van der Waals surface area contributed by atoms with Gasteiger partial charge in [0.1, 0.15) is 4.60 Å². The number of carbonyl (C=O) groups is 1. The smallest absolute Gasteiger partial charge is 0.255 e. The second-order valence-electron chi connectivity index (χ2n) is 4.94. The second-order valence-corrected chi connectivity index (χ2v) is 5.75. The van der Waals surface area contributed by atoms with E-state index in [1.165, 1.54) is 5.56 Å². The molecule has 0 aliphatic carbocycles. The van der Waals surface area contributed by atoms with Crippen LogP contribution in [0.15, 0.2) is 53.3 Å². The molecular formula is C16H15BrN2O. The van der Waals surface area contributed by atoms with Gasteiger partial charge < -0.3 is 4.90 Å². The van der Waals surface area contributed by atoms with Gasteiger partial charge in [0.15, 0.2) is 0 Å². The zero-order valence-electron chi connectivity index (χ0n) is 11.0. The third kappa shape index (κ3) is 2.61. The Hall–Kier alpha value is -1.68. The van der Waals surface area contributed by atoms with E-state index in [0.29, 0.717) is 5.56 Å². The minimum atomic E-state index is 0.0661. The molecule has 1 aliphatic rings. The lowest BCUT2D eigenvalue weighted by atomic mass is 10.0.